The number of nitro groups is 2. The van der Waals surface area contributed by atoms with Gasteiger partial charge in [-0.05, 0) is 0 Å². The number of hydrogen-bond acceptors (Lipinski definition) is 6. The Kier molecular flexibility index (Phi) is 3.24. The van der Waals surface area contributed by atoms with E-state index in [9.17, 15) is 20.2 Å². The van der Waals surface area contributed by atoms with E-state index in [1.165, 1.54) is 12.2 Å². The van der Waals surface area contributed by atoms with Crippen LogP contribution in [0.5, 0.6) is 0 Å². The molecule has 0 N–H and O–H groups in total. The van der Waals surface area contributed by atoms with E-state index in [-0.39, 0.29) is 6.42 Å². The maximum absolute atomic E-state index is 10.9. The Labute approximate surface area is 91.1 Å². The maximum atomic E-state index is 10.9. The fraction of sp³-hybridized carbons (Fsp3) is 0.750. The summed E-state index contributed by atoms with van der Waals surface area (Å²) in [5.41, 5.74) is -3.68. The van der Waals surface area contributed by atoms with E-state index in [4.69, 9.17) is 9.47 Å². The van der Waals surface area contributed by atoms with Gasteiger partial charge in [-0.25, -0.2) is 0 Å². The number of ether oxygens (including phenoxy) is 2. The largest absolute Gasteiger partial charge is 0.353 e. The third-order valence-electron chi connectivity index (χ3n) is 2.72. The van der Waals surface area contributed by atoms with Crippen LogP contribution < -0.4 is 0 Å². The van der Waals surface area contributed by atoms with E-state index in [1.807, 2.05) is 0 Å². The molecule has 0 heterocycles. The van der Waals surface area contributed by atoms with Crippen molar-refractivity contribution in [1.82, 2.24) is 0 Å². The van der Waals surface area contributed by atoms with Crippen LogP contribution in [0.15, 0.2) is 12.2 Å². The molecule has 1 rings (SSSR count). The highest BCUT2D eigenvalue weighted by molar-refractivity contribution is 5.05. The minimum Gasteiger partial charge on any atom is -0.318 e. The Morgan fingerprint density at radius 2 is 1.81 bits per heavy atom. The van der Waals surface area contributed by atoms with Gasteiger partial charge in [0.1, 0.15) is 6.42 Å². The van der Waals surface area contributed by atoms with Crippen LogP contribution in [-0.2, 0) is 9.47 Å². The summed E-state index contributed by atoms with van der Waals surface area (Å²) in [6.45, 7) is 0. The van der Waals surface area contributed by atoms with Gasteiger partial charge >= 0.3 is 11.4 Å². The van der Waals surface area contributed by atoms with Gasteiger partial charge in [-0.15, -0.1) is 0 Å². The number of rotatable bonds is 4. The SMILES string of the molecule is COC1([N+](=O)[O-])C=CCC(OC)([N+](=O)[O-])C1. The molecule has 1 aliphatic rings. The highest BCUT2D eigenvalue weighted by atomic mass is 16.7. The number of nitrogens with zero attached hydrogens (tertiary/aromatic N) is 2. The van der Waals surface area contributed by atoms with Crippen LogP contribution in [0.25, 0.3) is 0 Å². The molecule has 0 saturated carbocycles. The van der Waals surface area contributed by atoms with Crippen molar-refractivity contribution in [3.05, 3.63) is 32.4 Å². The molecule has 8 nitrogen and oxygen atoms in total. The highest BCUT2D eigenvalue weighted by Gasteiger charge is 2.58. The fourth-order valence-corrected chi connectivity index (χ4v) is 1.66. The smallest absolute Gasteiger partial charge is 0.318 e. The average molecular weight is 232 g/mol. The molecule has 0 aromatic heterocycles. The van der Waals surface area contributed by atoms with Crippen molar-refractivity contribution < 1.29 is 19.3 Å². The Bertz CT molecular complexity index is 343. The summed E-state index contributed by atoms with van der Waals surface area (Å²) in [6.07, 6.45) is 2.08. The van der Waals surface area contributed by atoms with Gasteiger partial charge in [-0.3, -0.25) is 20.2 Å². The Hall–Kier alpha value is -1.54. The van der Waals surface area contributed by atoms with E-state index in [0.29, 0.717) is 0 Å². The minimum atomic E-state index is -1.89. The Morgan fingerprint density at radius 3 is 2.19 bits per heavy atom. The molecule has 0 saturated heterocycles. The summed E-state index contributed by atoms with van der Waals surface area (Å²) in [5, 5.41) is 21.8. The zero-order valence-electron chi connectivity index (χ0n) is 8.91. The highest BCUT2D eigenvalue weighted by Crippen LogP contribution is 2.35. The number of hydrogen-bond donors (Lipinski definition) is 0. The first-order valence-electron chi connectivity index (χ1n) is 4.49. The lowest BCUT2D eigenvalue weighted by Crippen LogP contribution is -2.53. The molecule has 0 bridgehead atoms. The van der Waals surface area contributed by atoms with Crippen molar-refractivity contribution in [2.75, 3.05) is 14.2 Å². The lowest BCUT2D eigenvalue weighted by molar-refractivity contribution is -0.671. The molecule has 2 atom stereocenters. The second-order valence-corrected chi connectivity index (χ2v) is 3.50. The van der Waals surface area contributed by atoms with E-state index in [1.54, 1.807) is 0 Å². The van der Waals surface area contributed by atoms with E-state index < -0.39 is 27.7 Å². The summed E-state index contributed by atoms with van der Waals surface area (Å²) >= 11 is 0. The second-order valence-electron chi connectivity index (χ2n) is 3.50. The molecule has 0 fully saturated rings. The summed E-state index contributed by atoms with van der Waals surface area (Å²) in [6, 6.07) is 0. The van der Waals surface area contributed by atoms with Gasteiger partial charge in [-0.1, -0.05) is 6.08 Å². The first-order chi connectivity index (χ1) is 7.42. The molecule has 16 heavy (non-hydrogen) atoms. The van der Waals surface area contributed by atoms with Gasteiger partial charge < -0.3 is 9.47 Å². The lowest BCUT2D eigenvalue weighted by Gasteiger charge is -2.31. The van der Waals surface area contributed by atoms with Crippen LogP contribution in [-0.4, -0.2) is 35.5 Å². The topological polar surface area (TPSA) is 105 Å². The van der Waals surface area contributed by atoms with Gasteiger partial charge in [0.25, 0.3) is 0 Å². The summed E-state index contributed by atoms with van der Waals surface area (Å²) in [5.74, 6) is 0. The Balaban J connectivity index is 3.12. The zero-order chi connectivity index (χ0) is 12.4. The Morgan fingerprint density at radius 1 is 1.19 bits per heavy atom. The van der Waals surface area contributed by atoms with Gasteiger partial charge in [0.2, 0.25) is 0 Å². The van der Waals surface area contributed by atoms with Crippen LogP contribution in [0.4, 0.5) is 0 Å². The second kappa shape index (κ2) is 4.14. The maximum Gasteiger partial charge on any atom is 0.353 e. The monoisotopic (exact) mass is 232 g/mol. The normalized spacial score (nSPS) is 33.6. The van der Waals surface area contributed by atoms with Gasteiger partial charge in [0.15, 0.2) is 0 Å². The van der Waals surface area contributed by atoms with Crippen LogP contribution in [0.3, 0.4) is 0 Å². The van der Waals surface area contributed by atoms with Crippen LogP contribution in [0.2, 0.25) is 0 Å². The van der Waals surface area contributed by atoms with Crippen molar-refractivity contribution >= 4 is 0 Å². The molecular formula is C8H12N2O6. The van der Waals surface area contributed by atoms with Crippen LogP contribution in [0, 0.1) is 20.2 Å². The van der Waals surface area contributed by atoms with Crippen molar-refractivity contribution in [1.29, 1.82) is 0 Å². The number of methoxy groups -OCH3 is 2. The molecule has 0 aromatic carbocycles. The third kappa shape index (κ3) is 1.76. The molecule has 90 valence electrons. The van der Waals surface area contributed by atoms with Crippen molar-refractivity contribution in [3.63, 3.8) is 0 Å². The predicted octanol–water partition coefficient (Wildman–Crippen LogP) is 0.575. The molecule has 2 unspecified atom stereocenters. The predicted molar refractivity (Wildman–Crippen MR) is 51.8 cm³/mol. The fourth-order valence-electron chi connectivity index (χ4n) is 1.66. The standard InChI is InChI=1S/C8H12N2O6/c1-15-7(9(11)12)4-3-5-8(6-7,16-2)10(13)14/h3-4H,5-6H2,1-2H3. The molecule has 8 heteroatoms. The minimum absolute atomic E-state index is 0.0184. The van der Waals surface area contributed by atoms with Gasteiger partial charge in [0.05, 0.1) is 16.3 Å². The van der Waals surface area contributed by atoms with Gasteiger partial charge in [-0.2, -0.15) is 0 Å². The molecule has 0 aromatic rings. The van der Waals surface area contributed by atoms with E-state index >= 15 is 0 Å². The van der Waals surface area contributed by atoms with Crippen molar-refractivity contribution in [2.45, 2.75) is 24.3 Å². The quantitative estimate of drug-likeness (QED) is 0.304. The first kappa shape index (κ1) is 12.5. The molecule has 0 radical (unpaired) electrons. The lowest BCUT2D eigenvalue weighted by atomic mass is 9.91. The molecule has 0 amide bonds. The van der Waals surface area contributed by atoms with Crippen molar-refractivity contribution in [2.24, 2.45) is 0 Å². The molecular weight excluding hydrogens is 220 g/mol. The van der Waals surface area contributed by atoms with Gasteiger partial charge in [0, 0.05) is 20.3 Å². The van der Waals surface area contributed by atoms with E-state index in [2.05, 4.69) is 0 Å². The molecule has 1 aliphatic carbocycles. The zero-order valence-corrected chi connectivity index (χ0v) is 8.91. The molecule has 0 aliphatic heterocycles. The average Bonchev–Trinajstić information content (AvgIpc) is 2.28. The summed E-state index contributed by atoms with van der Waals surface area (Å²) in [7, 11) is 2.29. The third-order valence-corrected chi connectivity index (χ3v) is 2.72. The van der Waals surface area contributed by atoms with Crippen LogP contribution in [0.1, 0.15) is 12.8 Å². The van der Waals surface area contributed by atoms with Crippen LogP contribution >= 0.6 is 0 Å². The summed E-state index contributed by atoms with van der Waals surface area (Å²) < 4.78 is 9.59. The van der Waals surface area contributed by atoms with Crippen molar-refractivity contribution in [3.8, 4) is 0 Å². The summed E-state index contributed by atoms with van der Waals surface area (Å²) in [4.78, 5) is 20.4. The molecule has 0 spiro atoms. The van der Waals surface area contributed by atoms with E-state index in [0.717, 1.165) is 14.2 Å². The first-order valence-corrected chi connectivity index (χ1v) is 4.49.